The second-order valence-electron chi connectivity index (χ2n) is 22.3. The number of allylic oxidation sites excluding steroid dienone is 24. The molecule has 0 heterocycles. The lowest BCUT2D eigenvalue weighted by atomic mass is 10.1. The van der Waals surface area contributed by atoms with E-state index in [1.165, 1.54) is 109 Å². The molecule has 0 rings (SSSR count). The van der Waals surface area contributed by atoms with Crippen LogP contribution in [0.2, 0.25) is 0 Å². The fourth-order valence-electron chi connectivity index (χ4n) is 9.17. The van der Waals surface area contributed by atoms with Gasteiger partial charge in [0.25, 0.3) is 0 Å². The molecule has 6 nitrogen and oxygen atoms in total. The first-order valence-corrected chi connectivity index (χ1v) is 34.3. The van der Waals surface area contributed by atoms with Gasteiger partial charge in [-0.05, 0) is 141 Å². The van der Waals surface area contributed by atoms with Gasteiger partial charge in [0.05, 0.1) is 0 Å². The lowest BCUT2D eigenvalue weighted by molar-refractivity contribution is -0.167. The molecule has 0 aromatic carbocycles. The van der Waals surface area contributed by atoms with Gasteiger partial charge in [-0.25, -0.2) is 0 Å². The van der Waals surface area contributed by atoms with E-state index in [1.807, 2.05) is 0 Å². The van der Waals surface area contributed by atoms with Gasteiger partial charge in [0.2, 0.25) is 0 Å². The maximum absolute atomic E-state index is 12.9. The molecule has 0 saturated carbocycles. The molecular formula is C77H126O6. The summed E-state index contributed by atoms with van der Waals surface area (Å²) in [5.74, 6) is -0.915. The Labute approximate surface area is 512 Å². The van der Waals surface area contributed by atoms with E-state index in [9.17, 15) is 14.4 Å². The number of esters is 3. The number of rotatable bonds is 61. The molecule has 0 aliphatic rings. The van der Waals surface area contributed by atoms with E-state index >= 15 is 0 Å². The van der Waals surface area contributed by atoms with Gasteiger partial charge in [0.15, 0.2) is 6.10 Å². The van der Waals surface area contributed by atoms with Gasteiger partial charge >= 0.3 is 17.9 Å². The quantitative estimate of drug-likeness (QED) is 0.0261. The van der Waals surface area contributed by atoms with Gasteiger partial charge in [-0.1, -0.05) is 289 Å². The molecule has 0 aliphatic carbocycles. The van der Waals surface area contributed by atoms with Crippen molar-refractivity contribution >= 4 is 17.9 Å². The first-order chi connectivity index (χ1) is 41.0. The summed E-state index contributed by atoms with van der Waals surface area (Å²) in [6.07, 6.45) is 100. The van der Waals surface area contributed by atoms with Crippen LogP contribution in [0.1, 0.15) is 303 Å². The molecule has 0 fully saturated rings. The summed E-state index contributed by atoms with van der Waals surface area (Å²) < 4.78 is 16.9. The Balaban J connectivity index is 4.31. The third-order valence-corrected chi connectivity index (χ3v) is 14.3. The summed E-state index contributed by atoms with van der Waals surface area (Å²) in [5, 5.41) is 0. The van der Waals surface area contributed by atoms with Crippen molar-refractivity contribution < 1.29 is 28.6 Å². The summed E-state index contributed by atoms with van der Waals surface area (Å²) in [6.45, 7) is 6.43. The summed E-state index contributed by atoms with van der Waals surface area (Å²) in [6, 6.07) is 0. The zero-order chi connectivity index (χ0) is 59.9. The third-order valence-electron chi connectivity index (χ3n) is 14.3. The third kappa shape index (κ3) is 68.0. The number of hydrogen-bond acceptors (Lipinski definition) is 6. The highest BCUT2D eigenvalue weighted by Gasteiger charge is 2.19. The molecular weight excluding hydrogens is 1020 g/mol. The molecule has 0 bridgehead atoms. The fraction of sp³-hybridized carbons (Fsp3) is 0.649. The SMILES string of the molecule is CC/C=C\C/C=C\C/C=C\C/C=C\C/C=C\C/C=C\C/C=C\C/C=C\CCCCCCCCCCC(=O)OCC(COC(=O)CCCCCCC/C=C\C/C=C\CCC)OC(=O)CCCCCCCCCCC/C=C\C/C=C\CCCCC. The minimum atomic E-state index is -0.796. The molecule has 0 radical (unpaired) electrons. The maximum Gasteiger partial charge on any atom is 0.306 e. The van der Waals surface area contributed by atoms with Crippen molar-refractivity contribution in [2.45, 2.75) is 309 Å². The van der Waals surface area contributed by atoms with Crippen molar-refractivity contribution in [3.63, 3.8) is 0 Å². The van der Waals surface area contributed by atoms with Crippen LogP contribution in [0.25, 0.3) is 0 Å². The van der Waals surface area contributed by atoms with Crippen LogP contribution in [0, 0.1) is 0 Å². The topological polar surface area (TPSA) is 78.9 Å². The number of ether oxygens (including phenoxy) is 3. The van der Waals surface area contributed by atoms with Gasteiger partial charge in [0, 0.05) is 19.3 Å². The Morgan fingerprint density at radius 1 is 0.253 bits per heavy atom. The van der Waals surface area contributed by atoms with Gasteiger partial charge in [-0.3, -0.25) is 14.4 Å². The highest BCUT2D eigenvalue weighted by atomic mass is 16.6. The Bertz CT molecular complexity index is 1800. The molecule has 0 spiro atoms. The van der Waals surface area contributed by atoms with Crippen molar-refractivity contribution in [2.24, 2.45) is 0 Å². The average Bonchev–Trinajstić information content (AvgIpc) is 3.49. The molecule has 0 aromatic heterocycles. The Morgan fingerprint density at radius 2 is 0.494 bits per heavy atom. The predicted molar refractivity (Wildman–Crippen MR) is 362 cm³/mol. The highest BCUT2D eigenvalue weighted by molar-refractivity contribution is 5.71. The zero-order valence-electron chi connectivity index (χ0n) is 53.9. The minimum Gasteiger partial charge on any atom is -0.462 e. The standard InChI is InChI=1S/C77H126O6/c1-4-7-10-13-16-19-22-25-27-29-31-32-33-34-35-36-37-38-39-40-41-42-43-44-46-47-49-52-55-58-61-64-67-70-76(79)82-73-74(72-81-75(78)69-66-63-60-57-54-51-24-21-18-15-12-9-6-3)83-77(80)71-68-65-62-59-56-53-50-48-45-30-28-26-23-20-17-14-11-8-5-2/h7,10,12,15-17,19-21,24-28,31-32,34-35,37-38,40-41,43-44,74H,4-6,8-9,11,13-14,18,22-23,29-30,33,36,39,42,45-73H2,1-3H3/b10-7-,15-12-,19-16-,20-17-,24-21-,27-25-,28-26-,32-31-,35-34-,38-37-,41-40-,44-43-. The molecule has 470 valence electrons. The number of carbonyl (C=O) groups is 3. The van der Waals surface area contributed by atoms with Gasteiger partial charge in [-0.2, -0.15) is 0 Å². The Kier molecular flexibility index (Phi) is 65.8. The largest absolute Gasteiger partial charge is 0.462 e. The second-order valence-corrected chi connectivity index (χ2v) is 22.3. The summed E-state index contributed by atoms with van der Waals surface area (Å²) in [5.41, 5.74) is 0. The van der Waals surface area contributed by atoms with Gasteiger partial charge in [0.1, 0.15) is 13.2 Å². The van der Waals surface area contributed by atoms with Crippen LogP contribution in [0.4, 0.5) is 0 Å². The highest BCUT2D eigenvalue weighted by Crippen LogP contribution is 2.15. The van der Waals surface area contributed by atoms with Crippen molar-refractivity contribution in [2.75, 3.05) is 13.2 Å². The number of hydrogen-bond donors (Lipinski definition) is 0. The van der Waals surface area contributed by atoms with E-state index in [4.69, 9.17) is 14.2 Å². The molecule has 1 atom stereocenters. The lowest BCUT2D eigenvalue weighted by Gasteiger charge is -2.18. The van der Waals surface area contributed by atoms with Gasteiger partial charge < -0.3 is 14.2 Å². The molecule has 1 unspecified atom stereocenters. The van der Waals surface area contributed by atoms with Crippen LogP contribution in [0.15, 0.2) is 146 Å². The van der Waals surface area contributed by atoms with Crippen molar-refractivity contribution in [3.05, 3.63) is 146 Å². The van der Waals surface area contributed by atoms with Crippen molar-refractivity contribution in [1.82, 2.24) is 0 Å². The first-order valence-electron chi connectivity index (χ1n) is 34.3. The molecule has 6 heteroatoms. The first kappa shape index (κ1) is 78.3. The molecule has 0 N–H and O–H groups in total. The van der Waals surface area contributed by atoms with E-state index in [0.717, 1.165) is 154 Å². The van der Waals surface area contributed by atoms with E-state index in [0.29, 0.717) is 19.3 Å². The maximum atomic E-state index is 12.9. The van der Waals surface area contributed by atoms with Crippen LogP contribution in [-0.4, -0.2) is 37.2 Å². The van der Waals surface area contributed by atoms with Crippen LogP contribution in [0.5, 0.6) is 0 Å². The molecule has 0 saturated heterocycles. The number of carbonyl (C=O) groups excluding carboxylic acids is 3. The van der Waals surface area contributed by atoms with Crippen LogP contribution in [-0.2, 0) is 28.6 Å². The van der Waals surface area contributed by atoms with Crippen molar-refractivity contribution in [1.29, 1.82) is 0 Å². The van der Waals surface area contributed by atoms with Gasteiger partial charge in [-0.15, -0.1) is 0 Å². The van der Waals surface area contributed by atoms with Crippen LogP contribution in [0.3, 0.4) is 0 Å². The van der Waals surface area contributed by atoms with E-state index in [2.05, 4.69) is 167 Å². The normalized spacial score (nSPS) is 13.0. The fourth-order valence-corrected chi connectivity index (χ4v) is 9.17. The zero-order valence-corrected chi connectivity index (χ0v) is 53.9. The van der Waals surface area contributed by atoms with E-state index in [1.54, 1.807) is 0 Å². The Hall–Kier alpha value is -4.71. The lowest BCUT2D eigenvalue weighted by Crippen LogP contribution is -2.30. The monoisotopic (exact) mass is 1150 g/mol. The predicted octanol–water partition coefficient (Wildman–Crippen LogP) is 23.9. The average molecular weight is 1150 g/mol. The molecule has 0 aromatic rings. The minimum absolute atomic E-state index is 0.0922. The second kappa shape index (κ2) is 69.8. The summed E-state index contributed by atoms with van der Waals surface area (Å²) in [4.78, 5) is 38.4. The molecule has 0 amide bonds. The number of unbranched alkanes of at least 4 members (excludes halogenated alkanes) is 26. The van der Waals surface area contributed by atoms with Crippen LogP contribution < -0.4 is 0 Å². The molecule has 0 aliphatic heterocycles. The van der Waals surface area contributed by atoms with E-state index in [-0.39, 0.29) is 31.1 Å². The smallest absolute Gasteiger partial charge is 0.306 e. The van der Waals surface area contributed by atoms with Crippen molar-refractivity contribution in [3.8, 4) is 0 Å². The Morgan fingerprint density at radius 3 is 0.783 bits per heavy atom. The summed E-state index contributed by atoms with van der Waals surface area (Å²) >= 11 is 0. The van der Waals surface area contributed by atoms with E-state index < -0.39 is 6.10 Å². The molecule has 83 heavy (non-hydrogen) atoms. The summed E-state index contributed by atoms with van der Waals surface area (Å²) in [7, 11) is 0. The van der Waals surface area contributed by atoms with Crippen LogP contribution >= 0.6 is 0 Å².